The summed E-state index contributed by atoms with van der Waals surface area (Å²) in [5.41, 5.74) is 1.15. The third-order valence-corrected chi connectivity index (χ3v) is 5.25. The molecular weight excluding hydrogens is 292 g/mol. The SMILES string of the molecule is N#CC[C@@H]1C[C@@H]2[C@H](NCc3cccc4c3OCO4)CCC[C@H]2O1. The zero-order chi connectivity index (χ0) is 15.6. The van der Waals surface area contributed by atoms with Crippen LogP contribution in [0.5, 0.6) is 11.5 Å². The summed E-state index contributed by atoms with van der Waals surface area (Å²) < 4.78 is 17.1. The lowest BCUT2D eigenvalue weighted by Gasteiger charge is -2.33. The molecule has 0 spiro atoms. The molecule has 2 aliphatic heterocycles. The summed E-state index contributed by atoms with van der Waals surface area (Å²) in [6.45, 7) is 1.09. The standard InChI is InChI=1S/C18H22N2O3/c19-8-7-13-9-14-15(4-2-5-16(14)23-13)20-10-12-3-1-6-17-18(12)22-11-21-17/h1,3,6,13-16,20H,2,4-5,7,9-11H2/t13-,14-,15-,16-/m1/s1. The predicted molar refractivity (Wildman–Crippen MR) is 84.0 cm³/mol. The number of nitrogens with zero attached hydrogens (tertiary/aromatic N) is 1. The summed E-state index contributed by atoms with van der Waals surface area (Å²) >= 11 is 0. The lowest BCUT2D eigenvalue weighted by atomic mass is 9.81. The Hall–Kier alpha value is -1.77. The maximum Gasteiger partial charge on any atom is 0.231 e. The Morgan fingerprint density at radius 3 is 3.13 bits per heavy atom. The van der Waals surface area contributed by atoms with Crippen LogP contribution in [-0.4, -0.2) is 25.0 Å². The fourth-order valence-electron chi connectivity index (χ4n) is 4.18. The van der Waals surface area contributed by atoms with E-state index in [4.69, 9.17) is 19.5 Å². The van der Waals surface area contributed by atoms with E-state index in [1.165, 1.54) is 12.8 Å². The number of nitriles is 1. The van der Waals surface area contributed by atoms with E-state index in [9.17, 15) is 0 Å². The van der Waals surface area contributed by atoms with Crippen LogP contribution in [0.1, 0.15) is 37.7 Å². The Morgan fingerprint density at radius 2 is 2.22 bits per heavy atom. The van der Waals surface area contributed by atoms with Crippen LogP contribution in [0.4, 0.5) is 0 Å². The molecule has 1 aromatic rings. The van der Waals surface area contributed by atoms with Crippen molar-refractivity contribution in [3.8, 4) is 17.6 Å². The topological polar surface area (TPSA) is 63.5 Å². The first kappa shape index (κ1) is 14.8. The van der Waals surface area contributed by atoms with Gasteiger partial charge in [0.2, 0.25) is 6.79 Å². The van der Waals surface area contributed by atoms with Gasteiger partial charge in [-0.3, -0.25) is 0 Å². The maximum absolute atomic E-state index is 8.90. The van der Waals surface area contributed by atoms with Gasteiger partial charge in [-0.15, -0.1) is 0 Å². The molecule has 2 fully saturated rings. The summed E-state index contributed by atoms with van der Waals surface area (Å²) in [4.78, 5) is 0. The largest absolute Gasteiger partial charge is 0.454 e. The number of para-hydroxylation sites is 1. The van der Waals surface area contributed by atoms with Crippen molar-refractivity contribution in [3.63, 3.8) is 0 Å². The van der Waals surface area contributed by atoms with Crippen LogP contribution in [0.25, 0.3) is 0 Å². The summed E-state index contributed by atoms with van der Waals surface area (Å²) in [7, 11) is 0. The van der Waals surface area contributed by atoms with Gasteiger partial charge in [-0.2, -0.15) is 5.26 Å². The summed E-state index contributed by atoms with van der Waals surface area (Å²) in [6.07, 6.45) is 5.44. The Labute approximate surface area is 136 Å². The first-order valence-corrected chi connectivity index (χ1v) is 8.48. The predicted octanol–water partition coefficient (Wildman–Crippen LogP) is 2.74. The zero-order valence-corrected chi connectivity index (χ0v) is 13.2. The molecule has 4 atom stereocenters. The highest BCUT2D eigenvalue weighted by Gasteiger charge is 2.41. The van der Waals surface area contributed by atoms with Crippen LogP contribution in [0.3, 0.4) is 0 Å². The minimum Gasteiger partial charge on any atom is -0.454 e. The monoisotopic (exact) mass is 314 g/mol. The Balaban J connectivity index is 1.41. The Kier molecular flexibility index (Phi) is 4.11. The van der Waals surface area contributed by atoms with Gasteiger partial charge in [-0.1, -0.05) is 12.1 Å². The Morgan fingerprint density at radius 1 is 1.26 bits per heavy atom. The molecule has 0 bridgehead atoms. The van der Waals surface area contributed by atoms with Gasteiger partial charge >= 0.3 is 0 Å². The highest BCUT2D eigenvalue weighted by molar-refractivity contribution is 5.48. The van der Waals surface area contributed by atoms with Crippen molar-refractivity contribution in [1.29, 1.82) is 5.26 Å². The molecule has 0 aromatic heterocycles. The van der Waals surface area contributed by atoms with Gasteiger partial charge in [0.25, 0.3) is 0 Å². The zero-order valence-electron chi connectivity index (χ0n) is 13.2. The number of nitrogens with one attached hydrogen (secondary N) is 1. The number of hydrogen-bond donors (Lipinski definition) is 1. The Bertz CT molecular complexity index is 613. The van der Waals surface area contributed by atoms with Crippen LogP contribution in [0.2, 0.25) is 0 Å². The molecule has 23 heavy (non-hydrogen) atoms. The lowest BCUT2D eigenvalue weighted by molar-refractivity contribution is 0.0139. The van der Waals surface area contributed by atoms with Crippen molar-refractivity contribution in [2.45, 2.75) is 56.9 Å². The molecule has 5 heteroatoms. The van der Waals surface area contributed by atoms with E-state index in [2.05, 4.69) is 17.5 Å². The second kappa shape index (κ2) is 6.38. The number of ether oxygens (including phenoxy) is 3. The van der Waals surface area contributed by atoms with E-state index in [1.807, 2.05) is 12.1 Å². The van der Waals surface area contributed by atoms with E-state index in [0.717, 1.165) is 36.4 Å². The molecule has 2 heterocycles. The van der Waals surface area contributed by atoms with E-state index in [0.29, 0.717) is 31.3 Å². The average molecular weight is 314 g/mol. The minimum absolute atomic E-state index is 0.120. The van der Waals surface area contributed by atoms with Gasteiger partial charge in [-0.25, -0.2) is 0 Å². The van der Waals surface area contributed by atoms with Crippen molar-refractivity contribution in [2.75, 3.05) is 6.79 Å². The second-order valence-electron chi connectivity index (χ2n) is 6.63. The van der Waals surface area contributed by atoms with Crippen molar-refractivity contribution in [3.05, 3.63) is 23.8 Å². The molecule has 0 radical (unpaired) electrons. The van der Waals surface area contributed by atoms with E-state index in [-0.39, 0.29) is 6.10 Å². The fourth-order valence-corrected chi connectivity index (χ4v) is 4.18. The molecule has 1 saturated heterocycles. The second-order valence-corrected chi connectivity index (χ2v) is 6.63. The first-order chi connectivity index (χ1) is 11.3. The van der Waals surface area contributed by atoms with Gasteiger partial charge < -0.3 is 19.5 Å². The molecule has 0 amide bonds. The first-order valence-electron chi connectivity index (χ1n) is 8.48. The van der Waals surface area contributed by atoms with E-state index < -0.39 is 0 Å². The lowest BCUT2D eigenvalue weighted by Crippen LogP contribution is -2.42. The van der Waals surface area contributed by atoms with Crippen LogP contribution in [0, 0.1) is 17.2 Å². The average Bonchev–Trinajstić information content (AvgIpc) is 3.19. The molecular formula is C18H22N2O3. The molecule has 0 unspecified atom stereocenters. The smallest absolute Gasteiger partial charge is 0.231 e. The molecule has 1 saturated carbocycles. The highest BCUT2D eigenvalue weighted by Crippen LogP contribution is 2.39. The maximum atomic E-state index is 8.90. The molecule has 122 valence electrons. The molecule has 4 rings (SSSR count). The molecule has 5 nitrogen and oxygen atoms in total. The quantitative estimate of drug-likeness (QED) is 0.926. The van der Waals surface area contributed by atoms with E-state index >= 15 is 0 Å². The number of hydrogen-bond acceptors (Lipinski definition) is 5. The van der Waals surface area contributed by atoms with Crippen molar-refractivity contribution >= 4 is 0 Å². The van der Waals surface area contributed by atoms with Crippen LogP contribution in [0.15, 0.2) is 18.2 Å². The van der Waals surface area contributed by atoms with Crippen molar-refractivity contribution in [1.82, 2.24) is 5.32 Å². The normalized spacial score (nSPS) is 31.6. The van der Waals surface area contributed by atoms with Crippen LogP contribution in [-0.2, 0) is 11.3 Å². The van der Waals surface area contributed by atoms with Gasteiger partial charge in [0.15, 0.2) is 11.5 Å². The number of fused-ring (bicyclic) bond motifs is 2. The summed E-state index contributed by atoms with van der Waals surface area (Å²) in [5.74, 6) is 2.23. The van der Waals surface area contributed by atoms with Gasteiger partial charge in [0.05, 0.1) is 24.7 Å². The van der Waals surface area contributed by atoms with Gasteiger partial charge in [-0.05, 0) is 31.7 Å². The highest BCUT2D eigenvalue weighted by atomic mass is 16.7. The molecule has 1 aliphatic carbocycles. The molecule has 1 N–H and O–H groups in total. The van der Waals surface area contributed by atoms with Gasteiger partial charge in [0, 0.05) is 24.1 Å². The van der Waals surface area contributed by atoms with Crippen molar-refractivity contribution in [2.24, 2.45) is 5.92 Å². The van der Waals surface area contributed by atoms with Gasteiger partial charge in [0.1, 0.15) is 0 Å². The molecule has 1 aromatic carbocycles. The summed E-state index contributed by atoms with van der Waals surface area (Å²) in [5, 5.41) is 12.6. The fraction of sp³-hybridized carbons (Fsp3) is 0.611. The van der Waals surface area contributed by atoms with Crippen molar-refractivity contribution < 1.29 is 14.2 Å². The molecule has 3 aliphatic rings. The summed E-state index contributed by atoms with van der Waals surface area (Å²) in [6, 6.07) is 8.74. The minimum atomic E-state index is 0.120. The van der Waals surface area contributed by atoms with Crippen LogP contribution >= 0.6 is 0 Å². The van der Waals surface area contributed by atoms with E-state index in [1.54, 1.807) is 0 Å². The third kappa shape index (κ3) is 2.89. The number of rotatable bonds is 4. The third-order valence-electron chi connectivity index (χ3n) is 5.25. The number of benzene rings is 1. The van der Waals surface area contributed by atoms with Crippen LogP contribution < -0.4 is 14.8 Å².